The highest BCUT2D eigenvalue weighted by Crippen LogP contribution is 2.24. The second kappa shape index (κ2) is 8.42. The van der Waals surface area contributed by atoms with Crippen molar-refractivity contribution < 1.29 is 18.8 Å². The molecule has 25 heavy (non-hydrogen) atoms. The molecular formula is C18H24N3O3S+. The predicted molar refractivity (Wildman–Crippen MR) is 100 cm³/mol. The Morgan fingerprint density at radius 2 is 2.04 bits per heavy atom. The van der Waals surface area contributed by atoms with Gasteiger partial charge in [0, 0.05) is 23.9 Å². The first-order valence-corrected chi connectivity index (χ1v) is 9.04. The van der Waals surface area contributed by atoms with Crippen LogP contribution in [-0.4, -0.2) is 50.4 Å². The molecule has 2 aromatic rings. The Morgan fingerprint density at radius 1 is 1.28 bits per heavy atom. The van der Waals surface area contributed by atoms with E-state index in [0.717, 1.165) is 56.8 Å². The van der Waals surface area contributed by atoms with Crippen LogP contribution in [0.25, 0.3) is 11.0 Å². The van der Waals surface area contributed by atoms with Crippen LogP contribution in [-0.2, 0) is 4.74 Å². The molecule has 0 saturated carbocycles. The molecule has 0 unspecified atom stereocenters. The van der Waals surface area contributed by atoms with Crippen molar-refractivity contribution in [2.75, 3.05) is 39.4 Å². The van der Waals surface area contributed by atoms with E-state index in [1.165, 1.54) is 0 Å². The van der Waals surface area contributed by atoms with Crippen LogP contribution in [0.5, 0.6) is 0 Å². The lowest BCUT2D eigenvalue weighted by Gasteiger charge is -2.23. The zero-order valence-corrected chi connectivity index (χ0v) is 15.2. The number of para-hydroxylation sites is 1. The number of furan rings is 1. The number of thiocarbonyl (C=S) groups is 1. The summed E-state index contributed by atoms with van der Waals surface area (Å²) in [6.07, 6.45) is 0.995. The monoisotopic (exact) mass is 362 g/mol. The summed E-state index contributed by atoms with van der Waals surface area (Å²) in [5, 5.41) is 7.07. The number of ether oxygens (including phenoxy) is 1. The minimum absolute atomic E-state index is 0.308. The molecule has 1 saturated heterocycles. The maximum atomic E-state index is 12.4. The van der Waals surface area contributed by atoms with Crippen molar-refractivity contribution in [1.82, 2.24) is 10.6 Å². The van der Waals surface area contributed by atoms with E-state index in [1.54, 1.807) is 4.90 Å². The number of aryl methyl sites for hydroxylation is 1. The number of carbonyl (C=O) groups excluding carboxylic acids is 1. The van der Waals surface area contributed by atoms with E-state index in [9.17, 15) is 4.79 Å². The molecule has 1 aromatic carbocycles. The fraction of sp³-hybridized carbons (Fsp3) is 0.444. The first-order valence-electron chi connectivity index (χ1n) is 8.64. The van der Waals surface area contributed by atoms with Gasteiger partial charge in [-0.3, -0.25) is 10.1 Å². The minimum Gasteiger partial charge on any atom is -0.451 e. The van der Waals surface area contributed by atoms with Gasteiger partial charge in [-0.15, -0.1) is 0 Å². The fourth-order valence-electron chi connectivity index (χ4n) is 3.05. The van der Waals surface area contributed by atoms with Gasteiger partial charge >= 0.3 is 0 Å². The Bertz CT molecular complexity index is 753. The van der Waals surface area contributed by atoms with E-state index >= 15 is 0 Å². The summed E-state index contributed by atoms with van der Waals surface area (Å²) in [5.41, 5.74) is 1.53. The lowest BCUT2D eigenvalue weighted by atomic mass is 10.1. The van der Waals surface area contributed by atoms with Gasteiger partial charge in [0.05, 0.1) is 19.8 Å². The molecule has 1 aliphatic heterocycles. The summed E-state index contributed by atoms with van der Waals surface area (Å²) >= 11 is 5.21. The van der Waals surface area contributed by atoms with Gasteiger partial charge < -0.3 is 19.4 Å². The molecule has 2 heterocycles. The number of nitrogens with one attached hydrogen (secondary N) is 3. The van der Waals surface area contributed by atoms with Crippen molar-refractivity contribution >= 4 is 34.2 Å². The molecule has 1 fully saturated rings. The van der Waals surface area contributed by atoms with E-state index in [2.05, 4.69) is 10.6 Å². The number of fused-ring (bicyclic) bond motifs is 1. The van der Waals surface area contributed by atoms with Gasteiger partial charge in [-0.2, -0.15) is 0 Å². The Labute approximate surface area is 152 Å². The SMILES string of the molecule is Cc1c(C(=O)NC(=S)NCCC[NH+]2CCOCC2)oc2ccccc12. The highest BCUT2D eigenvalue weighted by molar-refractivity contribution is 7.80. The van der Waals surface area contributed by atoms with Crippen LogP contribution >= 0.6 is 12.2 Å². The second-order valence-electron chi connectivity index (χ2n) is 6.23. The van der Waals surface area contributed by atoms with Gasteiger partial charge in [0.1, 0.15) is 18.7 Å². The van der Waals surface area contributed by atoms with E-state index in [-0.39, 0.29) is 5.91 Å². The van der Waals surface area contributed by atoms with Crippen LogP contribution < -0.4 is 15.5 Å². The van der Waals surface area contributed by atoms with Crippen LogP contribution in [0.3, 0.4) is 0 Å². The molecule has 0 atom stereocenters. The second-order valence-corrected chi connectivity index (χ2v) is 6.64. The van der Waals surface area contributed by atoms with E-state index in [1.807, 2.05) is 31.2 Å². The van der Waals surface area contributed by atoms with Crippen molar-refractivity contribution in [3.8, 4) is 0 Å². The van der Waals surface area contributed by atoms with Crippen molar-refractivity contribution in [2.45, 2.75) is 13.3 Å². The molecule has 1 aliphatic rings. The summed E-state index contributed by atoms with van der Waals surface area (Å²) in [4.78, 5) is 13.9. The van der Waals surface area contributed by atoms with Gasteiger partial charge in [-0.05, 0) is 25.2 Å². The lowest BCUT2D eigenvalue weighted by Crippen LogP contribution is -3.14. The highest BCUT2D eigenvalue weighted by atomic mass is 32.1. The molecule has 3 N–H and O–H groups in total. The van der Waals surface area contributed by atoms with Gasteiger partial charge in [0.2, 0.25) is 0 Å². The molecule has 1 amide bonds. The third-order valence-electron chi connectivity index (χ3n) is 4.47. The molecule has 7 heteroatoms. The molecular weight excluding hydrogens is 338 g/mol. The zero-order chi connectivity index (χ0) is 17.6. The van der Waals surface area contributed by atoms with Crippen molar-refractivity contribution in [2.24, 2.45) is 0 Å². The van der Waals surface area contributed by atoms with Crippen LogP contribution in [0.4, 0.5) is 0 Å². The minimum atomic E-state index is -0.315. The molecule has 0 bridgehead atoms. The molecule has 3 rings (SSSR count). The van der Waals surface area contributed by atoms with Crippen LogP contribution in [0.15, 0.2) is 28.7 Å². The third kappa shape index (κ3) is 4.56. The molecule has 1 aromatic heterocycles. The Hall–Kier alpha value is -1.96. The molecule has 0 radical (unpaired) electrons. The predicted octanol–water partition coefficient (Wildman–Crippen LogP) is 0.651. The number of hydrogen-bond acceptors (Lipinski definition) is 4. The Balaban J connectivity index is 1.45. The number of quaternary nitrogens is 1. The standard InChI is InChI=1S/C18H23N3O3S/c1-13-14-5-2-3-6-15(14)24-16(13)17(22)20-18(25)19-7-4-8-21-9-11-23-12-10-21/h2-3,5-6H,4,7-12H2,1H3,(H2,19,20,22,25)/p+1. The van der Waals surface area contributed by atoms with Gasteiger partial charge in [0.25, 0.3) is 5.91 Å². The molecule has 6 nitrogen and oxygen atoms in total. The summed E-state index contributed by atoms with van der Waals surface area (Å²) < 4.78 is 11.0. The summed E-state index contributed by atoms with van der Waals surface area (Å²) in [7, 11) is 0. The quantitative estimate of drug-likeness (QED) is 0.538. The largest absolute Gasteiger partial charge is 0.451 e. The average molecular weight is 362 g/mol. The van der Waals surface area contributed by atoms with Gasteiger partial charge in [-0.25, -0.2) is 0 Å². The molecule has 134 valence electrons. The van der Waals surface area contributed by atoms with E-state index < -0.39 is 0 Å². The lowest BCUT2D eigenvalue weighted by molar-refractivity contribution is -0.908. The number of amides is 1. The van der Waals surface area contributed by atoms with E-state index in [4.69, 9.17) is 21.4 Å². The number of hydrogen-bond donors (Lipinski definition) is 3. The van der Waals surface area contributed by atoms with Gasteiger partial charge in [0.15, 0.2) is 10.9 Å². The first kappa shape index (κ1) is 17.8. The first-order chi connectivity index (χ1) is 12.1. The van der Waals surface area contributed by atoms with Crippen LogP contribution in [0.1, 0.15) is 22.5 Å². The maximum absolute atomic E-state index is 12.4. The number of morpholine rings is 1. The number of benzene rings is 1. The van der Waals surface area contributed by atoms with Crippen LogP contribution in [0, 0.1) is 6.92 Å². The highest BCUT2D eigenvalue weighted by Gasteiger charge is 2.18. The van der Waals surface area contributed by atoms with Crippen molar-refractivity contribution in [1.29, 1.82) is 0 Å². The Kier molecular flexibility index (Phi) is 6.01. The number of rotatable bonds is 5. The number of carbonyl (C=O) groups is 1. The van der Waals surface area contributed by atoms with Crippen LogP contribution in [0.2, 0.25) is 0 Å². The maximum Gasteiger partial charge on any atom is 0.293 e. The topological polar surface area (TPSA) is 67.9 Å². The Morgan fingerprint density at radius 3 is 2.80 bits per heavy atom. The molecule has 0 spiro atoms. The smallest absolute Gasteiger partial charge is 0.293 e. The van der Waals surface area contributed by atoms with E-state index in [0.29, 0.717) is 16.5 Å². The van der Waals surface area contributed by atoms with Gasteiger partial charge in [-0.1, -0.05) is 18.2 Å². The van der Waals surface area contributed by atoms with Crippen molar-refractivity contribution in [3.05, 3.63) is 35.6 Å². The fourth-order valence-corrected chi connectivity index (χ4v) is 3.24. The molecule has 0 aliphatic carbocycles. The zero-order valence-electron chi connectivity index (χ0n) is 14.4. The average Bonchev–Trinajstić information content (AvgIpc) is 2.97. The normalized spacial score (nSPS) is 15.2. The van der Waals surface area contributed by atoms with Crippen molar-refractivity contribution in [3.63, 3.8) is 0 Å². The third-order valence-corrected chi connectivity index (χ3v) is 4.72. The summed E-state index contributed by atoms with van der Waals surface area (Å²) in [6, 6.07) is 7.60. The summed E-state index contributed by atoms with van der Waals surface area (Å²) in [5.74, 6) is -0.00637. The summed E-state index contributed by atoms with van der Waals surface area (Å²) in [6.45, 7) is 7.50.